The average molecular weight is 321 g/mol. The monoisotopic (exact) mass is 321 g/mol. The van der Waals surface area contributed by atoms with Gasteiger partial charge in [0.1, 0.15) is 11.8 Å². The van der Waals surface area contributed by atoms with Crippen LogP contribution in [0.25, 0.3) is 0 Å². The highest BCUT2D eigenvalue weighted by Gasteiger charge is 2.11. The summed E-state index contributed by atoms with van der Waals surface area (Å²) in [7, 11) is 0. The van der Waals surface area contributed by atoms with Crippen molar-refractivity contribution in [3.05, 3.63) is 29.8 Å². The summed E-state index contributed by atoms with van der Waals surface area (Å²) in [5, 5.41) is 8.80. The molecule has 1 atom stereocenters. The summed E-state index contributed by atoms with van der Waals surface area (Å²) in [6, 6.07) is 6.68. The first-order valence-electron chi connectivity index (χ1n) is 8.83. The van der Waals surface area contributed by atoms with Gasteiger partial charge in [-0.05, 0) is 30.5 Å². The number of ether oxygens (including phenoxy) is 1. The van der Waals surface area contributed by atoms with Crippen molar-refractivity contribution in [2.75, 3.05) is 6.61 Å². The maximum atomic E-state index is 10.7. The SMILES string of the molecule is CCCCCCCCCCOc1ccc(C[C@H](N)C(=O)O)cc1. The molecule has 0 aliphatic heterocycles. The van der Waals surface area contributed by atoms with Gasteiger partial charge < -0.3 is 15.6 Å². The third-order valence-electron chi connectivity index (χ3n) is 3.96. The lowest BCUT2D eigenvalue weighted by Crippen LogP contribution is -2.32. The van der Waals surface area contributed by atoms with Crippen LogP contribution in [0.1, 0.15) is 63.9 Å². The molecule has 130 valence electrons. The van der Waals surface area contributed by atoms with Crippen molar-refractivity contribution >= 4 is 5.97 Å². The molecule has 0 amide bonds. The summed E-state index contributed by atoms with van der Waals surface area (Å²) >= 11 is 0. The first kappa shape index (κ1) is 19.5. The van der Waals surface area contributed by atoms with Gasteiger partial charge in [-0.1, -0.05) is 64.0 Å². The molecule has 0 bridgehead atoms. The van der Waals surface area contributed by atoms with E-state index in [4.69, 9.17) is 15.6 Å². The van der Waals surface area contributed by atoms with E-state index in [1.165, 1.54) is 44.9 Å². The first-order valence-corrected chi connectivity index (χ1v) is 8.83. The molecular formula is C19H31NO3. The van der Waals surface area contributed by atoms with Gasteiger partial charge in [0.25, 0.3) is 0 Å². The van der Waals surface area contributed by atoms with Crippen LogP contribution < -0.4 is 10.5 Å². The third kappa shape index (κ3) is 9.24. The fraction of sp³-hybridized carbons (Fsp3) is 0.632. The van der Waals surface area contributed by atoms with Gasteiger partial charge in [0.05, 0.1) is 6.61 Å². The molecule has 1 aromatic carbocycles. The molecule has 0 saturated carbocycles. The normalized spacial score (nSPS) is 12.1. The molecule has 0 saturated heterocycles. The number of hydrogen-bond acceptors (Lipinski definition) is 3. The topological polar surface area (TPSA) is 72.5 Å². The van der Waals surface area contributed by atoms with Gasteiger partial charge in [0.2, 0.25) is 0 Å². The van der Waals surface area contributed by atoms with E-state index in [1.807, 2.05) is 24.3 Å². The summed E-state index contributed by atoms with van der Waals surface area (Å²) in [5.74, 6) is -0.138. The zero-order chi connectivity index (χ0) is 16.9. The van der Waals surface area contributed by atoms with Crippen LogP contribution in [0.2, 0.25) is 0 Å². The Bertz CT molecular complexity index is 431. The summed E-state index contributed by atoms with van der Waals surface area (Å²) in [4.78, 5) is 10.7. The number of carboxylic acids is 1. The second-order valence-corrected chi connectivity index (χ2v) is 6.12. The minimum Gasteiger partial charge on any atom is -0.494 e. The number of benzene rings is 1. The van der Waals surface area contributed by atoms with Crippen molar-refractivity contribution in [2.24, 2.45) is 5.73 Å². The molecule has 4 heteroatoms. The maximum absolute atomic E-state index is 10.7. The van der Waals surface area contributed by atoms with Gasteiger partial charge in [-0.3, -0.25) is 4.79 Å². The number of hydrogen-bond donors (Lipinski definition) is 2. The molecule has 1 rings (SSSR count). The third-order valence-corrected chi connectivity index (χ3v) is 3.96. The summed E-state index contributed by atoms with van der Waals surface area (Å²) < 4.78 is 5.71. The zero-order valence-electron chi connectivity index (χ0n) is 14.3. The van der Waals surface area contributed by atoms with Gasteiger partial charge in [0.15, 0.2) is 0 Å². The Morgan fingerprint density at radius 2 is 1.61 bits per heavy atom. The Morgan fingerprint density at radius 1 is 1.04 bits per heavy atom. The van der Waals surface area contributed by atoms with E-state index in [9.17, 15) is 4.79 Å². The van der Waals surface area contributed by atoms with E-state index in [0.29, 0.717) is 6.42 Å². The number of carbonyl (C=O) groups is 1. The van der Waals surface area contributed by atoms with Crippen LogP contribution in [-0.2, 0) is 11.2 Å². The van der Waals surface area contributed by atoms with Crippen molar-refractivity contribution in [1.29, 1.82) is 0 Å². The number of nitrogens with two attached hydrogens (primary N) is 1. The van der Waals surface area contributed by atoms with Gasteiger partial charge in [-0.2, -0.15) is 0 Å². The van der Waals surface area contributed by atoms with Gasteiger partial charge in [0, 0.05) is 0 Å². The highest BCUT2D eigenvalue weighted by atomic mass is 16.5. The predicted octanol–water partition coefficient (Wildman–Crippen LogP) is 4.16. The van der Waals surface area contributed by atoms with Crippen LogP contribution in [0.5, 0.6) is 5.75 Å². The van der Waals surface area contributed by atoms with Crippen molar-refractivity contribution in [3.8, 4) is 5.75 Å². The Hall–Kier alpha value is -1.55. The molecule has 0 radical (unpaired) electrons. The number of aliphatic carboxylic acids is 1. The average Bonchev–Trinajstić information content (AvgIpc) is 2.54. The molecule has 0 fully saturated rings. The van der Waals surface area contributed by atoms with E-state index < -0.39 is 12.0 Å². The number of rotatable bonds is 13. The van der Waals surface area contributed by atoms with Crippen LogP contribution >= 0.6 is 0 Å². The van der Waals surface area contributed by atoms with E-state index >= 15 is 0 Å². The molecule has 1 aromatic rings. The lowest BCUT2D eigenvalue weighted by Gasteiger charge is -2.09. The second kappa shape index (κ2) is 11.9. The lowest BCUT2D eigenvalue weighted by atomic mass is 10.1. The quantitative estimate of drug-likeness (QED) is 0.535. The molecule has 4 nitrogen and oxygen atoms in total. The van der Waals surface area contributed by atoms with Crippen LogP contribution in [0.4, 0.5) is 0 Å². The van der Waals surface area contributed by atoms with Crippen molar-refractivity contribution < 1.29 is 14.6 Å². The summed E-state index contributed by atoms with van der Waals surface area (Å²) in [5.41, 5.74) is 6.44. The standard InChI is InChI=1S/C19H31NO3/c1-2-3-4-5-6-7-8-9-14-23-17-12-10-16(11-13-17)15-18(20)19(21)22/h10-13,18H,2-9,14-15,20H2,1H3,(H,21,22)/t18-/m0/s1. The molecule has 23 heavy (non-hydrogen) atoms. The van der Waals surface area contributed by atoms with Crippen LogP contribution in [0.15, 0.2) is 24.3 Å². The van der Waals surface area contributed by atoms with E-state index in [2.05, 4.69) is 6.92 Å². The number of unbranched alkanes of at least 4 members (excludes halogenated alkanes) is 7. The summed E-state index contributed by atoms with van der Waals surface area (Å²) in [6.07, 6.45) is 10.6. The smallest absolute Gasteiger partial charge is 0.320 e. The van der Waals surface area contributed by atoms with Gasteiger partial charge in [-0.15, -0.1) is 0 Å². The fourth-order valence-electron chi connectivity index (χ4n) is 2.49. The second-order valence-electron chi connectivity index (χ2n) is 6.12. The molecule has 0 aliphatic rings. The van der Waals surface area contributed by atoms with Crippen molar-refractivity contribution in [2.45, 2.75) is 70.8 Å². The molecular weight excluding hydrogens is 290 g/mol. The van der Waals surface area contributed by atoms with E-state index in [0.717, 1.165) is 24.3 Å². The highest BCUT2D eigenvalue weighted by Crippen LogP contribution is 2.14. The van der Waals surface area contributed by atoms with Gasteiger partial charge in [-0.25, -0.2) is 0 Å². The predicted molar refractivity (Wildman–Crippen MR) is 93.9 cm³/mol. The molecule has 0 aromatic heterocycles. The molecule has 0 spiro atoms. The number of carboxylic acid groups (broad SMARTS) is 1. The van der Waals surface area contributed by atoms with Gasteiger partial charge >= 0.3 is 5.97 Å². The Labute approximate surface area is 140 Å². The van der Waals surface area contributed by atoms with Crippen molar-refractivity contribution in [1.82, 2.24) is 0 Å². The minimum absolute atomic E-state index is 0.341. The summed E-state index contributed by atoms with van der Waals surface area (Å²) in [6.45, 7) is 2.98. The Morgan fingerprint density at radius 3 is 2.17 bits per heavy atom. The van der Waals surface area contributed by atoms with Crippen molar-refractivity contribution in [3.63, 3.8) is 0 Å². The maximum Gasteiger partial charge on any atom is 0.320 e. The van der Waals surface area contributed by atoms with E-state index in [-0.39, 0.29) is 0 Å². The zero-order valence-corrected chi connectivity index (χ0v) is 14.3. The molecule has 0 unspecified atom stereocenters. The van der Waals surface area contributed by atoms with Crippen LogP contribution in [-0.4, -0.2) is 23.7 Å². The Balaban J connectivity index is 2.10. The highest BCUT2D eigenvalue weighted by molar-refractivity contribution is 5.73. The largest absolute Gasteiger partial charge is 0.494 e. The first-order chi connectivity index (χ1) is 11.1. The fourth-order valence-corrected chi connectivity index (χ4v) is 2.49. The van der Waals surface area contributed by atoms with Crippen LogP contribution in [0, 0.1) is 0 Å². The Kier molecular flexibility index (Phi) is 10.1. The minimum atomic E-state index is -0.972. The van der Waals surface area contributed by atoms with E-state index in [1.54, 1.807) is 0 Å². The molecule has 0 heterocycles. The molecule has 0 aliphatic carbocycles. The molecule has 3 N–H and O–H groups in total. The lowest BCUT2D eigenvalue weighted by molar-refractivity contribution is -0.138. The van der Waals surface area contributed by atoms with Crippen LogP contribution in [0.3, 0.4) is 0 Å².